The van der Waals surface area contributed by atoms with Gasteiger partial charge in [-0.1, -0.05) is 44.2 Å². The van der Waals surface area contributed by atoms with Crippen LogP contribution in [0.3, 0.4) is 0 Å². The average molecular weight is 253 g/mol. The zero-order valence-corrected chi connectivity index (χ0v) is 11.3. The van der Waals surface area contributed by atoms with Crippen molar-refractivity contribution in [2.24, 2.45) is 11.1 Å². The Labute approximate surface area is 114 Å². The highest BCUT2D eigenvalue weighted by Crippen LogP contribution is 2.57. The SMILES string of the molecule is CC1(C)C(N)C1c1cccc(Oc2ccccc2)c1. The molecule has 0 aliphatic heterocycles. The van der Waals surface area contributed by atoms with E-state index in [0.717, 1.165) is 11.5 Å². The zero-order valence-electron chi connectivity index (χ0n) is 11.3. The van der Waals surface area contributed by atoms with Gasteiger partial charge >= 0.3 is 0 Å². The second-order valence-corrected chi connectivity index (χ2v) is 5.81. The molecular formula is C17H19NO. The van der Waals surface area contributed by atoms with E-state index in [2.05, 4.69) is 26.0 Å². The van der Waals surface area contributed by atoms with E-state index in [9.17, 15) is 0 Å². The molecule has 0 spiro atoms. The summed E-state index contributed by atoms with van der Waals surface area (Å²) >= 11 is 0. The standard InChI is InChI=1S/C17H19NO/c1-17(2)15(16(17)18)12-7-6-10-14(11-12)19-13-8-4-3-5-9-13/h3-11,15-16H,18H2,1-2H3. The number of rotatable bonds is 3. The van der Waals surface area contributed by atoms with E-state index in [1.165, 1.54) is 5.56 Å². The van der Waals surface area contributed by atoms with Gasteiger partial charge in [-0.3, -0.25) is 0 Å². The lowest BCUT2D eigenvalue weighted by Crippen LogP contribution is -2.06. The molecule has 0 bridgehead atoms. The van der Waals surface area contributed by atoms with Crippen molar-refractivity contribution in [3.05, 3.63) is 60.2 Å². The van der Waals surface area contributed by atoms with Crippen LogP contribution in [0.1, 0.15) is 25.3 Å². The molecule has 2 atom stereocenters. The van der Waals surface area contributed by atoms with Gasteiger partial charge in [-0.15, -0.1) is 0 Å². The molecule has 1 aliphatic rings. The van der Waals surface area contributed by atoms with Crippen molar-refractivity contribution in [2.75, 3.05) is 0 Å². The first kappa shape index (κ1) is 12.2. The summed E-state index contributed by atoms with van der Waals surface area (Å²) in [5.74, 6) is 2.17. The Morgan fingerprint density at radius 3 is 2.21 bits per heavy atom. The van der Waals surface area contributed by atoms with E-state index in [1.54, 1.807) is 0 Å². The summed E-state index contributed by atoms with van der Waals surface area (Å²) in [6, 6.07) is 18.3. The smallest absolute Gasteiger partial charge is 0.127 e. The van der Waals surface area contributed by atoms with Gasteiger partial charge in [0.15, 0.2) is 0 Å². The van der Waals surface area contributed by atoms with Crippen LogP contribution in [0, 0.1) is 5.41 Å². The Bertz CT molecular complexity index is 577. The van der Waals surface area contributed by atoms with Gasteiger partial charge in [0.25, 0.3) is 0 Å². The fraction of sp³-hybridized carbons (Fsp3) is 0.294. The van der Waals surface area contributed by atoms with Crippen molar-refractivity contribution in [1.29, 1.82) is 0 Å². The molecule has 2 nitrogen and oxygen atoms in total. The Balaban J connectivity index is 1.82. The van der Waals surface area contributed by atoms with E-state index in [-0.39, 0.29) is 11.5 Å². The third kappa shape index (κ3) is 2.24. The monoisotopic (exact) mass is 253 g/mol. The second-order valence-electron chi connectivity index (χ2n) is 5.81. The Morgan fingerprint density at radius 1 is 0.947 bits per heavy atom. The number of benzene rings is 2. The average Bonchev–Trinajstić information content (AvgIpc) is 2.90. The van der Waals surface area contributed by atoms with Gasteiger partial charge in [-0.05, 0) is 35.2 Å². The second kappa shape index (κ2) is 4.39. The molecule has 0 aromatic heterocycles. The molecule has 2 aromatic rings. The van der Waals surface area contributed by atoms with Crippen molar-refractivity contribution in [1.82, 2.24) is 0 Å². The van der Waals surface area contributed by atoms with Crippen molar-refractivity contribution in [3.63, 3.8) is 0 Å². The lowest BCUT2D eigenvalue weighted by atomic mass is 10.0. The fourth-order valence-electron chi connectivity index (χ4n) is 2.71. The summed E-state index contributed by atoms with van der Waals surface area (Å²) in [6.45, 7) is 4.43. The maximum absolute atomic E-state index is 6.14. The molecule has 3 rings (SSSR count). The van der Waals surface area contributed by atoms with Crippen LogP contribution in [0.4, 0.5) is 0 Å². The molecule has 1 aliphatic carbocycles. The molecular weight excluding hydrogens is 234 g/mol. The minimum Gasteiger partial charge on any atom is -0.457 e. The van der Waals surface area contributed by atoms with Crippen molar-refractivity contribution in [3.8, 4) is 11.5 Å². The van der Waals surface area contributed by atoms with Crippen LogP contribution in [0.25, 0.3) is 0 Å². The van der Waals surface area contributed by atoms with Crippen LogP contribution >= 0.6 is 0 Å². The van der Waals surface area contributed by atoms with Gasteiger partial charge < -0.3 is 10.5 Å². The molecule has 0 amide bonds. The summed E-state index contributed by atoms with van der Waals surface area (Å²) < 4.78 is 5.86. The van der Waals surface area contributed by atoms with Gasteiger partial charge in [0.1, 0.15) is 11.5 Å². The third-order valence-corrected chi connectivity index (χ3v) is 4.11. The van der Waals surface area contributed by atoms with Gasteiger partial charge in [0.2, 0.25) is 0 Å². The topological polar surface area (TPSA) is 35.2 Å². The van der Waals surface area contributed by atoms with Gasteiger partial charge in [0.05, 0.1) is 0 Å². The number of hydrogen-bond donors (Lipinski definition) is 1. The first-order valence-corrected chi connectivity index (χ1v) is 6.67. The van der Waals surface area contributed by atoms with E-state index in [0.29, 0.717) is 5.92 Å². The van der Waals surface area contributed by atoms with Crippen LogP contribution in [0.2, 0.25) is 0 Å². The summed E-state index contributed by atoms with van der Waals surface area (Å²) in [5, 5.41) is 0. The largest absolute Gasteiger partial charge is 0.457 e. The van der Waals surface area contributed by atoms with Gasteiger partial charge in [-0.2, -0.15) is 0 Å². The summed E-state index contributed by atoms with van der Waals surface area (Å²) in [5.41, 5.74) is 7.61. The van der Waals surface area contributed by atoms with Gasteiger partial charge in [0, 0.05) is 12.0 Å². The Hall–Kier alpha value is -1.80. The maximum atomic E-state index is 6.14. The van der Waals surface area contributed by atoms with Crippen molar-refractivity contribution < 1.29 is 4.74 Å². The minimum absolute atomic E-state index is 0.200. The maximum Gasteiger partial charge on any atom is 0.127 e. The molecule has 2 N–H and O–H groups in total. The molecule has 2 heteroatoms. The van der Waals surface area contributed by atoms with E-state index in [4.69, 9.17) is 10.5 Å². The Kier molecular flexibility index (Phi) is 2.83. The van der Waals surface area contributed by atoms with Gasteiger partial charge in [-0.25, -0.2) is 0 Å². The summed E-state index contributed by atoms with van der Waals surface area (Å²) in [4.78, 5) is 0. The summed E-state index contributed by atoms with van der Waals surface area (Å²) in [6.07, 6.45) is 0. The molecule has 1 fully saturated rings. The Morgan fingerprint density at radius 2 is 1.58 bits per heavy atom. The molecule has 0 radical (unpaired) electrons. The molecule has 0 heterocycles. The number of para-hydroxylation sites is 1. The molecule has 0 saturated heterocycles. The first-order valence-electron chi connectivity index (χ1n) is 6.67. The molecule has 2 aromatic carbocycles. The van der Waals surface area contributed by atoms with Crippen LogP contribution in [0.15, 0.2) is 54.6 Å². The number of nitrogens with two attached hydrogens (primary N) is 1. The number of ether oxygens (including phenoxy) is 1. The normalized spacial score (nSPS) is 23.9. The summed E-state index contributed by atoms with van der Waals surface area (Å²) in [7, 11) is 0. The van der Waals surface area contributed by atoms with Crippen molar-refractivity contribution in [2.45, 2.75) is 25.8 Å². The lowest BCUT2D eigenvalue weighted by Gasteiger charge is -2.08. The quantitative estimate of drug-likeness (QED) is 0.899. The predicted molar refractivity (Wildman–Crippen MR) is 77.5 cm³/mol. The highest BCUT2D eigenvalue weighted by molar-refractivity contribution is 5.40. The van der Waals surface area contributed by atoms with E-state index in [1.807, 2.05) is 42.5 Å². The molecule has 98 valence electrons. The van der Waals surface area contributed by atoms with Crippen LogP contribution in [-0.4, -0.2) is 6.04 Å². The van der Waals surface area contributed by atoms with E-state index >= 15 is 0 Å². The molecule has 1 saturated carbocycles. The third-order valence-electron chi connectivity index (χ3n) is 4.11. The number of hydrogen-bond acceptors (Lipinski definition) is 2. The molecule has 19 heavy (non-hydrogen) atoms. The fourth-order valence-corrected chi connectivity index (χ4v) is 2.71. The zero-order chi connectivity index (χ0) is 13.5. The van der Waals surface area contributed by atoms with E-state index < -0.39 is 0 Å². The predicted octanol–water partition coefficient (Wildman–Crippen LogP) is 3.93. The van der Waals surface area contributed by atoms with Crippen LogP contribution in [0.5, 0.6) is 11.5 Å². The minimum atomic E-state index is 0.200. The highest BCUT2D eigenvalue weighted by atomic mass is 16.5. The van der Waals surface area contributed by atoms with Crippen LogP contribution in [-0.2, 0) is 0 Å². The highest BCUT2D eigenvalue weighted by Gasteiger charge is 2.56. The lowest BCUT2D eigenvalue weighted by molar-refractivity contribution is 0.481. The first-order chi connectivity index (χ1) is 9.09. The van der Waals surface area contributed by atoms with Crippen molar-refractivity contribution >= 4 is 0 Å². The van der Waals surface area contributed by atoms with Crippen LogP contribution < -0.4 is 10.5 Å². The molecule has 2 unspecified atom stereocenters.